The molecule has 1 aliphatic heterocycles. The molecule has 1 heterocycles. The molecule has 1 aliphatic carbocycles. The molecular formula is C12H14N4. The van der Waals surface area contributed by atoms with Gasteiger partial charge < -0.3 is 10.6 Å². The normalized spacial score (nSPS) is 19.6. The van der Waals surface area contributed by atoms with Crippen molar-refractivity contribution in [2.24, 2.45) is 10.7 Å². The van der Waals surface area contributed by atoms with Gasteiger partial charge in [0, 0.05) is 6.54 Å². The van der Waals surface area contributed by atoms with Crippen molar-refractivity contribution in [3.8, 4) is 6.07 Å². The van der Waals surface area contributed by atoms with Gasteiger partial charge in [0.05, 0.1) is 11.4 Å². The number of rotatable bonds is 2. The van der Waals surface area contributed by atoms with Crippen LogP contribution in [0.1, 0.15) is 19.3 Å². The van der Waals surface area contributed by atoms with Crippen molar-refractivity contribution < 1.29 is 0 Å². The molecule has 4 heteroatoms. The number of fused-ring (bicyclic) bond motifs is 1. The Kier molecular flexibility index (Phi) is 2.78. The summed E-state index contributed by atoms with van der Waals surface area (Å²) < 4.78 is 0. The third-order valence-electron chi connectivity index (χ3n) is 2.74. The van der Waals surface area contributed by atoms with Gasteiger partial charge in [-0.15, -0.1) is 6.58 Å². The lowest BCUT2D eigenvalue weighted by molar-refractivity contribution is 0.469. The summed E-state index contributed by atoms with van der Waals surface area (Å²) in [6.45, 7) is 4.32. The standard InChI is InChI=1S/C12H14N4/c1-2-7-16-11-6-4-3-5-9(11)15-10(8-13)12(16)14/h2,6H,1,3-5,7,14H2. The Morgan fingerprint density at radius 1 is 1.69 bits per heavy atom. The van der Waals surface area contributed by atoms with Gasteiger partial charge in [-0.1, -0.05) is 12.2 Å². The fourth-order valence-corrected chi connectivity index (χ4v) is 1.99. The van der Waals surface area contributed by atoms with Crippen molar-refractivity contribution in [3.63, 3.8) is 0 Å². The monoisotopic (exact) mass is 214 g/mol. The Balaban J connectivity index is 2.47. The van der Waals surface area contributed by atoms with E-state index < -0.39 is 0 Å². The predicted molar refractivity (Wildman–Crippen MR) is 63.1 cm³/mol. The smallest absolute Gasteiger partial charge is 0.181 e. The lowest BCUT2D eigenvalue weighted by atomic mass is 9.99. The molecule has 2 aliphatic rings. The van der Waals surface area contributed by atoms with Gasteiger partial charge in [0.2, 0.25) is 0 Å². The van der Waals surface area contributed by atoms with Gasteiger partial charge in [-0.25, -0.2) is 4.99 Å². The van der Waals surface area contributed by atoms with Gasteiger partial charge in [0.25, 0.3) is 0 Å². The third-order valence-corrected chi connectivity index (χ3v) is 2.74. The van der Waals surface area contributed by atoms with Crippen LogP contribution in [0.5, 0.6) is 0 Å². The highest BCUT2D eigenvalue weighted by molar-refractivity contribution is 6.02. The summed E-state index contributed by atoms with van der Waals surface area (Å²) in [5.74, 6) is 0.430. The minimum absolute atomic E-state index is 0.316. The highest BCUT2D eigenvalue weighted by Crippen LogP contribution is 2.27. The Labute approximate surface area is 95.1 Å². The number of allylic oxidation sites excluding steroid dienone is 3. The maximum absolute atomic E-state index is 8.97. The van der Waals surface area contributed by atoms with Gasteiger partial charge in [0.15, 0.2) is 5.70 Å². The first kappa shape index (κ1) is 10.5. The Morgan fingerprint density at radius 2 is 2.50 bits per heavy atom. The molecule has 82 valence electrons. The fraction of sp³-hybridized carbons (Fsp3) is 0.333. The molecule has 0 amide bonds. The van der Waals surface area contributed by atoms with E-state index in [4.69, 9.17) is 11.0 Å². The molecule has 0 aromatic carbocycles. The predicted octanol–water partition coefficient (Wildman–Crippen LogP) is 1.65. The molecule has 2 N–H and O–H groups in total. The molecule has 0 saturated carbocycles. The Bertz CT molecular complexity index is 448. The van der Waals surface area contributed by atoms with Gasteiger partial charge in [-0.05, 0) is 19.3 Å². The maximum Gasteiger partial charge on any atom is 0.181 e. The summed E-state index contributed by atoms with van der Waals surface area (Å²) in [6.07, 6.45) is 6.95. The first-order valence-electron chi connectivity index (χ1n) is 5.34. The van der Waals surface area contributed by atoms with E-state index >= 15 is 0 Å². The zero-order valence-corrected chi connectivity index (χ0v) is 9.11. The van der Waals surface area contributed by atoms with Crippen molar-refractivity contribution >= 4 is 5.71 Å². The summed E-state index contributed by atoms with van der Waals surface area (Å²) in [7, 11) is 0. The van der Waals surface area contributed by atoms with E-state index in [1.165, 1.54) is 0 Å². The largest absolute Gasteiger partial charge is 0.383 e. The van der Waals surface area contributed by atoms with Crippen molar-refractivity contribution in [2.45, 2.75) is 19.3 Å². The minimum Gasteiger partial charge on any atom is -0.383 e. The molecule has 0 bridgehead atoms. The molecule has 0 spiro atoms. The van der Waals surface area contributed by atoms with E-state index in [1.54, 1.807) is 6.08 Å². The Hall–Kier alpha value is -2.02. The van der Waals surface area contributed by atoms with Crippen molar-refractivity contribution in [3.05, 3.63) is 35.9 Å². The number of hydrogen-bond acceptors (Lipinski definition) is 4. The van der Waals surface area contributed by atoms with Crippen LogP contribution < -0.4 is 5.73 Å². The van der Waals surface area contributed by atoms with E-state index in [1.807, 2.05) is 11.0 Å². The van der Waals surface area contributed by atoms with Crippen LogP contribution in [0, 0.1) is 11.3 Å². The van der Waals surface area contributed by atoms with E-state index in [0.29, 0.717) is 18.1 Å². The SMILES string of the molecule is C=CCN1C2=CCCCC2=NC(C#N)=C1N. The van der Waals surface area contributed by atoms with Gasteiger partial charge in [-0.3, -0.25) is 0 Å². The van der Waals surface area contributed by atoms with Gasteiger partial charge >= 0.3 is 0 Å². The zero-order valence-electron chi connectivity index (χ0n) is 9.11. The van der Waals surface area contributed by atoms with E-state index in [9.17, 15) is 0 Å². The second-order valence-corrected chi connectivity index (χ2v) is 3.79. The highest BCUT2D eigenvalue weighted by atomic mass is 15.2. The lowest BCUT2D eigenvalue weighted by Gasteiger charge is -2.32. The molecule has 0 radical (unpaired) electrons. The van der Waals surface area contributed by atoms with Crippen molar-refractivity contribution in [2.75, 3.05) is 6.54 Å². The fourth-order valence-electron chi connectivity index (χ4n) is 1.99. The number of nitrogens with zero attached hydrogens (tertiary/aromatic N) is 3. The molecule has 0 atom stereocenters. The van der Waals surface area contributed by atoms with E-state index in [-0.39, 0.29) is 0 Å². The minimum atomic E-state index is 0.316. The molecule has 0 fully saturated rings. The van der Waals surface area contributed by atoms with Crippen LogP contribution in [0.3, 0.4) is 0 Å². The summed E-state index contributed by atoms with van der Waals surface area (Å²) in [4.78, 5) is 6.21. The average Bonchev–Trinajstić information content (AvgIpc) is 2.32. The van der Waals surface area contributed by atoms with Gasteiger partial charge in [0.1, 0.15) is 11.9 Å². The molecule has 16 heavy (non-hydrogen) atoms. The van der Waals surface area contributed by atoms with E-state index in [0.717, 1.165) is 30.7 Å². The van der Waals surface area contributed by atoms with Crippen LogP contribution in [-0.2, 0) is 0 Å². The number of hydrogen-bond donors (Lipinski definition) is 1. The number of nitrogens with two attached hydrogens (primary N) is 1. The third kappa shape index (κ3) is 1.61. The quantitative estimate of drug-likeness (QED) is 0.711. The van der Waals surface area contributed by atoms with Crippen molar-refractivity contribution in [1.29, 1.82) is 5.26 Å². The number of aliphatic imine (C=N–C) groups is 1. The Morgan fingerprint density at radius 3 is 3.19 bits per heavy atom. The lowest BCUT2D eigenvalue weighted by Crippen LogP contribution is -2.36. The molecular weight excluding hydrogens is 200 g/mol. The average molecular weight is 214 g/mol. The van der Waals surface area contributed by atoms with Crippen molar-refractivity contribution in [1.82, 2.24) is 4.90 Å². The van der Waals surface area contributed by atoms with Crippen LogP contribution >= 0.6 is 0 Å². The second kappa shape index (κ2) is 4.23. The zero-order chi connectivity index (χ0) is 11.5. The molecule has 4 nitrogen and oxygen atoms in total. The molecule has 0 unspecified atom stereocenters. The van der Waals surface area contributed by atoms with Crippen LogP contribution in [-0.4, -0.2) is 17.2 Å². The molecule has 2 rings (SSSR count). The molecule has 0 aromatic heterocycles. The maximum atomic E-state index is 8.97. The second-order valence-electron chi connectivity index (χ2n) is 3.79. The van der Waals surface area contributed by atoms with Crippen LogP contribution in [0.15, 0.2) is 40.9 Å². The van der Waals surface area contributed by atoms with Gasteiger partial charge in [-0.2, -0.15) is 5.26 Å². The topological polar surface area (TPSA) is 65.4 Å². The summed E-state index contributed by atoms with van der Waals surface area (Å²) >= 11 is 0. The van der Waals surface area contributed by atoms with Crippen LogP contribution in [0.4, 0.5) is 0 Å². The first-order valence-corrected chi connectivity index (χ1v) is 5.34. The van der Waals surface area contributed by atoms with E-state index in [2.05, 4.69) is 17.6 Å². The summed E-state index contributed by atoms with van der Waals surface area (Å²) in [5, 5.41) is 8.97. The molecule has 0 saturated heterocycles. The summed E-state index contributed by atoms with van der Waals surface area (Å²) in [6, 6.07) is 2.04. The summed E-state index contributed by atoms with van der Waals surface area (Å²) in [5.41, 5.74) is 8.25. The molecule has 0 aromatic rings. The number of nitriles is 1. The first-order chi connectivity index (χ1) is 7.77. The highest BCUT2D eigenvalue weighted by Gasteiger charge is 2.25. The van der Waals surface area contributed by atoms with Crippen LogP contribution in [0.25, 0.3) is 0 Å². The van der Waals surface area contributed by atoms with Crippen LogP contribution in [0.2, 0.25) is 0 Å².